The zero-order valence-electron chi connectivity index (χ0n) is 15.4. The van der Waals surface area contributed by atoms with Crippen LogP contribution in [0.1, 0.15) is 17.5 Å². The molecule has 142 valence electrons. The molecule has 5 nitrogen and oxygen atoms in total. The topological polar surface area (TPSA) is 51.1 Å². The van der Waals surface area contributed by atoms with Gasteiger partial charge in [0.05, 0.1) is 39.3 Å². The van der Waals surface area contributed by atoms with E-state index in [0.717, 1.165) is 31.8 Å². The quantitative estimate of drug-likeness (QED) is 0.727. The second-order valence-corrected chi connectivity index (χ2v) is 9.97. The summed E-state index contributed by atoms with van der Waals surface area (Å²) in [6.45, 7) is 8.76. The molecule has 2 heterocycles. The Labute approximate surface area is 160 Å². The minimum atomic E-state index is -3.30. The molecule has 0 unspecified atom stereocenters. The average molecular weight is 396 g/mol. The maximum Gasteiger partial charge on any atom is 0.252 e. The molecule has 1 fully saturated rings. The fourth-order valence-corrected chi connectivity index (χ4v) is 5.94. The lowest BCUT2D eigenvalue weighted by Crippen LogP contribution is -3.14. The molecular weight excluding hydrogens is 368 g/mol. The summed E-state index contributed by atoms with van der Waals surface area (Å²) < 4.78 is 33.0. The number of nitrogens with zero attached hydrogens (tertiary/aromatic N) is 1. The zero-order valence-corrected chi connectivity index (χ0v) is 17.0. The van der Waals surface area contributed by atoms with Crippen molar-refractivity contribution >= 4 is 21.4 Å². The Hall–Kier alpha value is -1.41. The van der Waals surface area contributed by atoms with Gasteiger partial charge in [-0.2, -0.15) is 4.31 Å². The van der Waals surface area contributed by atoms with Crippen molar-refractivity contribution in [1.29, 1.82) is 0 Å². The number of hydrogen-bond acceptors (Lipinski definition) is 4. The Bertz CT molecular complexity index is 791. The third-order valence-corrected chi connectivity index (χ3v) is 7.93. The van der Waals surface area contributed by atoms with E-state index in [4.69, 9.17) is 4.74 Å². The average Bonchev–Trinajstić information content (AvgIpc) is 3.14. The van der Waals surface area contributed by atoms with Gasteiger partial charge in [0.15, 0.2) is 0 Å². The Balaban J connectivity index is 1.40. The molecule has 3 rings (SSSR count). The molecule has 1 N–H and O–H groups in total. The molecule has 1 aromatic heterocycles. The fourth-order valence-electron chi connectivity index (χ4n) is 3.36. The number of quaternary nitrogens is 1. The number of ether oxygens (including phenoxy) is 1. The highest BCUT2D eigenvalue weighted by Gasteiger charge is 2.30. The number of nitrogens with one attached hydrogen (secondary N) is 1. The van der Waals surface area contributed by atoms with Gasteiger partial charge in [0.25, 0.3) is 10.0 Å². The molecule has 1 saturated heterocycles. The van der Waals surface area contributed by atoms with Crippen molar-refractivity contribution in [1.82, 2.24) is 4.31 Å². The van der Waals surface area contributed by atoms with Crippen LogP contribution in [0.3, 0.4) is 0 Å². The maximum absolute atomic E-state index is 12.5. The number of sulfonamides is 1. The smallest absolute Gasteiger partial charge is 0.252 e. The predicted octanol–water partition coefficient (Wildman–Crippen LogP) is 1.72. The summed E-state index contributed by atoms with van der Waals surface area (Å²) >= 11 is 1.29. The van der Waals surface area contributed by atoms with E-state index in [0.29, 0.717) is 23.9 Å². The highest BCUT2D eigenvalue weighted by molar-refractivity contribution is 7.91. The molecule has 1 aliphatic rings. The largest absolute Gasteiger partial charge is 0.493 e. The Kier molecular flexibility index (Phi) is 6.34. The van der Waals surface area contributed by atoms with Gasteiger partial charge >= 0.3 is 0 Å². The van der Waals surface area contributed by atoms with Crippen LogP contribution in [0.25, 0.3) is 0 Å². The van der Waals surface area contributed by atoms with Crippen LogP contribution in [0.5, 0.6) is 5.75 Å². The van der Waals surface area contributed by atoms with Gasteiger partial charge in [-0.05, 0) is 48.6 Å². The fraction of sp³-hybridized carbons (Fsp3) is 0.474. The number of aryl methyl sites for hydroxylation is 2. The molecule has 0 spiro atoms. The molecule has 0 amide bonds. The van der Waals surface area contributed by atoms with Crippen molar-refractivity contribution in [3.8, 4) is 5.75 Å². The van der Waals surface area contributed by atoms with Crippen LogP contribution in [-0.2, 0) is 10.0 Å². The van der Waals surface area contributed by atoms with E-state index in [1.54, 1.807) is 16.4 Å². The van der Waals surface area contributed by atoms with Gasteiger partial charge in [0, 0.05) is 6.42 Å². The van der Waals surface area contributed by atoms with Gasteiger partial charge in [-0.3, -0.25) is 0 Å². The first-order chi connectivity index (χ1) is 12.4. The lowest BCUT2D eigenvalue weighted by atomic mass is 10.1. The summed E-state index contributed by atoms with van der Waals surface area (Å²) in [6.07, 6.45) is 0.972. The molecule has 2 aromatic rings. The van der Waals surface area contributed by atoms with Crippen molar-refractivity contribution in [2.75, 3.05) is 39.3 Å². The standard InChI is InChI=1S/C19H26N2O3S2/c1-16-13-17(2)15-18(14-16)24-11-4-6-20-7-9-21(10-8-20)26(22,23)19-5-3-12-25-19/h3,5,12-15H,4,6-11H2,1-2H3/p+1. The van der Waals surface area contributed by atoms with E-state index in [2.05, 4.69) is 32.0 Å². The van der Waals surface area contributed by atoms with Crippen molar-refractivity contribution in [2.24, 2.45) is 0 Å². The van der Waals surface area contributed by atoms with Gasteiger partial charge in [-0.1, -0.05) is 12.1 Å². The molecule has 0 bridgehead atoms. The van der Waals surface area contributed by atoms with Crippen molar-refractivity contribution in [3.63, 3.8) is 0 Å². The predicted molar refractivity (Wildman–Crippen MR) is 105 cm³/mol. The van der Waals surface area contributed by atoms with Crippen molar-refractivity contribution in [2.45, 2.75) is 24.5 Å². The van der Waals surface area contributed by atoms with Crippen LogP contribution < -0.4 is 9.64 Å². The summed E-state index contributed by atoms with van der Waals surface area (Å²) in [4.78, 5) is 1.45. The van der Waals surface area contributed by atoms with E-state index in [-0.39, 0.29) is 0 Å². The van der Waals surface area contributed by atoms with Gasteiger partial charge in [0.2, 0.25) is 0 Å². The molecule has 0 atom stereocenters. The van der Waals surface area contributed by atoms with Crippen LogP contribution >= 0.6 is 11.3 Å². The summed E-state index contributed by atoms with van der Waals surface area (Å²) in [5.74, 6) is 0.935. The van der Waals surface area contributed by atoms with Crippen molar-refractivity contribution in [3.05, 3.63) is 46.8 Å². The van der Waals surface area contributed by atoms with Gasteiger partial charge in [0.1, 0.15) is 9.96 Å². The Morgan fingerprint density at radius 2 is 1.85 bits per heavy atom. The summed E-state index contributed by atoms with van der Waals surface area (Å²) in [5, 5.41) is 1.81. The molecule has 0 saturated carbocycles. The number of hydrogen-bond donors (Lipinski definition) is 1. The SMILES string of the molecule is Cc1cc(C)cc(OCCC[NH+]2CCN(S(=O)(=O)c3cccs3)CC2)c1. The summed E-state index contributed by atoms with van der Waals surface area (Å²) in [6, 6.07) is 9.74. The zero-order chi connectivity index (χ0) is 18.6. The van der Waals surface area contributed by atoms with Crippen LogP contribution in [0.4, 0.5) is 0 Å². The van der Waals surface area contributed by atoms with E-state index in [1.807, 2.05) is 5.38 Å². The van der Waals surface area contributed by atoms with Gasteiger partial charge in [-0.25, -0.2) is 8.42 Å². The molecule has 26 heavy (non-hydrogen) atoms. The number of thiophene rings is 1. The Morgan fingerprint density at radius 3 is 2.46 bits per heavy atom. The first-order valence-corrected chi connectivity index (χ1v) is 11.4. The molecule has 0 radical (unpaired) electrons. The van der Waals surface area contributed by atoms with E-state index >= 15 is 0 Å². The van der Waals surface area contributed by atoms with E-state index in [1.165, 1.54) is 27.4 Å². The van der Waals surface area contributed by atoms with E-state index in [9.17, 15) is 8.42 Å². The highest BCUT2D eigenvalue weighted by Crippen LogP contribution is 2.20. The van der Waals surface area contributed by atoms with Crippen molar-refractivity contribution < 1.29 is 18.1 Å². The third-order valence-electron chi connectivity index (χ3n) is 4.66. The lowest BCUT2D eigenvalue weighted by Gasteiger charge is -2.31. The monoisotopic (exact) mass is 395 g/mol. The third kappa shape index (κ3) is 4.85. The van der Waals surface area contributed by atoms with Gasteiger partial charge < -0.3 is 9.64 Å². The second-order valence-electron chi connectivity index (χ2n) is 6.86. The van der Waals surface area contributed by atoms with Crippen LogP contribution in [0.15, 0.2) is 39.9 Å². The summed E-state index contributed by atoms with van der Waals surface area (Å²) in [7, 11) is -3.30. The molecule has 1 aliphatic heterocycles. The van der Waals surface area contributed by atoms with Crippen LogP contribution in [0, 0.1) is 13.8 Å². The molecule has 7 heteroatoms. The van der Waals surface area contributed by atoms with E-state index < -0.39 is 10.0 Å². The molecule has 1 aromatic carbocycles. The van der Waals surface area contributed by atoms with Crippen LogP contribution in [0.2, 0.25) is 0 Å². The molecular formula is C19H27N2O3S2+. The minimum absolute atomic E-state index is 0.447. The first-order valence-electron chi connectivity index (χ1n) is 9.03. The normalized spacial score (nSPS) is 16.7. The lowest BCUT2D eigenvalue weighted by molar-refractivity contribution is -0.903. The Morgan fingerprint density at radius 1 is 1.15 bits per heavy atom. The number of benzene rings is 1. The highest BCUT2D eigenvalue weighted by atomic mass is 32.2. The first kappa shape index (κ1) is 19.4. The van der Waals surface area contributed by atoms with Gasteiger partial charge in [-0.15, -0.1) is 11.3 Å². The number of piperazine rings is 1. The summed E-state index contributed by atoms with van der Waals surface area (Å²) in [5.41, 5.74) is 2.43. The minimum Gasteiger partial charge on any atom is -0.493 e. The second kappa shape index (κ2) is 8.52. The molecule has 0 aliphatic carbocycles. The maximum atomic E-state index is 12.5. The number of rotatable bonds is 7. The van der Waals surface area contributed by atoms with Crippen LogP contribution in [-0.4, -0.2) is 52.1 Å².